The molecule has 1 aliphatic rings. The molecule has 0 spiro atoms. The van der Waals surface area contributed by atoms with Gasteiger partial charge in [-0.15, -0.1) is 12.4 Å². The van der Waals surface area contributed by atoms with Gasteiger partial charge in [0.1, 0.15) is 5.69 Å². The van der Waals surface area contributed by atoms with Crippen LogP contribution in [0.25, 0.3) is 0 Å². The molecule has 0 bridgehead atoms. The molecular formula is C11H19ClN4O. The van der Waals surface area contributed by atoms with E-state index in [9.17, 15) is 4.79 Å². The van der Waals surface area contributed by atoms with E-state index in [1.165, 1.54) is 12.8 Å². The number of nitrogens with zero attached hydrogens (tertiary/aromatic N) is 1. The molecule has 17 heavy (non-hydrogen) atoms. The molecule has 2 heterocycles. The fourth-order valence-corrected chi connectivity index (χ4v) is 2.04. The van der Waals surface area contributed by atoms with Crippen LogP contribution in [0.15, 0.2) is 12.3 Å². The fourth-order valence-electron chi connectivity index (χ4n) is 2.04. The van der Waals surface area contributed by atoms with E-state index in [1.54, 1.807) is 12.3 Å². The van der Waals surface area contributed by atoms with Gasteiger partial charge < -0.3 is 10.6 Å². The van der Waals surface area contributed by atoms with Gasteiger partial charge in [0.2, 0.25) is 0 Å². The van der Waals surface area contributed by atoms with E-state index < -0.39 is 0 Å². The van der Waals surface area contributed by atoms with Gasteiger partial charge in [-0.3, -0.25) is 9.89 Å². The van der Waals surface area contributed by atoms with Gasteiger partial charge >= 0.3 is 0 Å². The number of carbonyl (C=O) groups is 1. The predicted molar refractivity (Wildman–Crippen MR) is 68.4 cm³/mol. The summed E-state index contributed by atoms with van der Waals surface area (Å²) in [7, 11) is 0. The van der Waals surface area contributed by atoms with Crippen LogP contribution < -0.4 is 10.6 Å². The molecule has 1 saturated heterocycles. The second kappa shape index (κ2) is 7.29. The normalized spacial score (nSPS) is 19.4. The first-order valence-corrected chi connectivity index (χ1v) is 5.84. The van der Waals surface area contributed by atoms with Crippen LogP contribution in [0.3, 0.4) is 0 Å². The minimum atomic E-state index is -0.0683. The first-order chi connectivity index (χ1) is 7.86. The summed E-state index contributed by atoms with van der Waals surface area (Å²) in [4.78, 5) is 11.5. The molecular weight excluding hydrogens is 240 g/mol. The van der Waals surface area contributed by atoms with E-state index in [0.717, 1.165) is 26.1 Å². The lowest BCUT2D eigenvalue weighted by atomic mass is 9.96. The van der Waals surface area contributed by atoms with E-state index in [-0.39, 0.29) is 18.3 Å². The van der Waals surface area contributed by atoms with Crippen LogP contribution >= 0.6 is 12.4 Å². The molecule has 0 aromatic carbocycles. The zero-order valence-corrected chi connectivity index (χ0v) is 10.6. The van der Waals surface area contributed by atoms with Crippen molar-refractivity contribution in [3.63, 3.8) is 0 Å². The van der Waals surface area contributed by atoms with E-state index in [1.807, 2.05) is 0 Å². The Morgan fingerprint density at radius 2 is 2.47 bits per heavy atom. The molecule has 3 N–H and O–H groups in total. The summed E-state index contributed by atoms with van der Waals surface area (Å²) in [5.41, 5.74) is 0.529. The molecule has 1 unspecified atom stereocenters. The first kappa shape index (κ1) is 14.0. The molecule has 96 valence electrons. The average molecular weight is 259 g/mol. The molecule has 6 heteroatoms. The van der Waals surface area contributed by atoms with Crippen LogP contribution in [0, 0.1) is 5.92 Å². The van der Waals surface area contributed by atoms with Crippen molar-refractivity contribution in [2.45, 2.75) is 19.3 Å². The van der Waals surface area contributed by atoms with Crippen LogP contribution in [-0.4, -0.2) is 35.7 Å². The first-order valence-electron chi connectivity index (χ1n) is 5.84. The Labute approximate surface area is 107 Å². The molecule has 1 aromatic rings. The minimum Gasteiger partial charge on any atom is -0.351 e. The summed E-state index contributed by atoms with van der Waals surface area (Å²) < 4.78 is 0. The summed E-state index contributed by atoms with van der Waals surface area (Å²) in [5, 5.41) is 12.7. The molecule has 0 saturated carbocycles. The Morgan fingerprint density at radius 3 is 3.12 bits per heavy atom. The third-order valence-corrected chi connectivity index (χ3v) is 2.98. The van der Waals surface area contributed by atoms with Gasteiger partial charge in [-0.2, -0.15) is 5.10 Å². The number of piperidine rings is 1. The maximum absolute atomic E-state index is 11.5. The standard InChI is InChI=1S/C11H18N4O.ClH/c16-11(10-4-7-14-15-10)13-6-3-9-2-1-5-12-8-9;/h4,7,9,12H,1-3,5-6,8H2,(H,13,16)(H,14,15);1H. The Bertz CT molecular complexity index is 322. The maximum atomic E-state index is 11.5. The molecule has 2 rings (SSSR count). The monoisotopic (exact) mass is 258 g/mol. The second-order valence-electron chi connectivity index (χ2n) is 4.23. The van der Waals surface area contributed by atoms with Crippen molar-refractivity contribution < 1.29 is 4.79 Å². The summed E-state index contributed by atoms with van der Waals surface area (Å²) in [5.74, 6) is 0.636. The highest BCUT2D eigenvalue weighted by Gasteiger charge is 2.13. The van der Waals surface area contributed by atoms with E-state index >= 15 is 0 Å². The lowest BCUT2D eigenvalue weighted by molar-refractivity contribution is 0.0945. The Morgan fingerprint density at radius 1 is 1.59 bits per heavy atom. The topological polar surface area (TPSA) is 69.8 Å². The molecule has 1 aliphatic heterocycles. The van der Waals surface area contributed by atoms with Crippen LogP contribution in [0.4, 0.5) is 0 Å². The number of amides is 1. The van der Waals surface area contributed by atoms with Gasteiger partial charge in [0.05, 0.1) is 0 Å². The molecule has 1 atom stereocenters. The largest absolute Gasteiger partial charge is 0.351 e. The number of halogens is 1. The van der Waals surface area contributed by atoms with E-state index in [4.69, 9.17) is 0 Å². The predicted octanol–water partition coefficient (Wildman–Crippen LogP) is 0.951. The van der Waals surface area contributed by atoms with Crippen molar-refractivity contribution >= 4 is 18.3 Å². The number of rotatable bonds is 4. The zero-order chi connectivity index (χ0) is 11.2. The zero-order valence-electron chi connectivity index (χ0n) is 9.74. The van der Waals surface area contributed by atoms with Crippen molar-refractivity contribution in [3.8, 4) is 0 Å². The van der Waals surface area contributed by atoms with Crippen molar-refractivity contribution in [2.24, 2.45) is 5.92 Å². The molecule has 1 amide bonds. The highest BCUT2D eigenvalue weighted by atomic mass is 35.5. The van der Waals surface area contributed by atoms with Crippen molar-refractivity contribution in [1.29, 1.82) is 0 Å². The number of nitrogens with one attached hydrogen (secondary N) is 3. The van der Waals surface area contributed by atoms with Gasteiger partial charge in [0.15, 0.2) is 0 Å². The van der Waals surface area contributed by atoms with Gasteiger partial charge in [0, 0.05) is 12.7 Å². The van der Waals surface area contributed by atoms with E-state index in [2.05, 4.69) is 20.8 Å². The van der Waals surface area contributed by atoms with Gasteiger partial charge in [-0.1, -0.05) is 0 Å². The lowest BCUT2D eigenvalue weighted by Crippen LogP contribution is -2.33. The summed E-state index contributed by atoms with van der Waals surface area (Å²) >= 11 is 0. The maximum Gasteiger partial charge on any atom is 0.269 e. The van der Waals surface area contributed by atoms with Gasteiger partial charge in [0.25, 0.3) is 5.91 Å². The number of H-pyrrole nitrogens is 1. The molecule has 1 aromatic heterocycles. The van der Waals surface area contributed by atoms with Crippen LogP contribution in [-0.2, 0) is 0 Å². The number of aromatic amines is 1. The number of aromatic nitrogens is 2. The SMILES string of the molecule is Cl.O=C(NCCC1CCCNC1)c1ccn[nH]1. The highest BCUT2D eigenvalue weighted by molar-refractivity contribution is 5.92. The second-order valence-corrected chi connectivity index (χ2v) is 4.23. The Kier molecular flexibility index (Phi) is 6.00. The molecule has 0 aliphatic carbocycles. The van der Waals surface area contributed by atoms with Crippen LogP contribution in [0.2, 0.25) is 0 Å². The summed E-state index contributed by atoms with van der Waals surface area (Å²) in [6, 6.07) is 1.68. The third-order valence-electron chi connectivity index (χ3n) is 2.98. The summed E-state index contributed by atoms with van der Waals surface area (Å²) in [6.45, 7) is 2.96. The third kappa shape index (κ3) is 4.36. The lowest BCUT2D eigenvalue weighted by Gasteiger charge is -2.22. The van der Waals surface area contributed by atoms with Crippen molar-refractivity contribution in [1.82, 2.24) is 20.8 Å². The van der Waals surface area contributed by atoms with Crippen molar-refractivity contribution in [3.05, 3.63) is 18.0 Å². The smallest absolute Gasteiger partial charge is 0.269 e. The average Bonchev–Trinajstić information content (AvgIpc) is 2.84. The van der Waals surface area contributed by atoms with Crippen molar-refractivity contribution in [2.75, 3.05) is 19.6 Å². The minimum absolute atomic E-state index is 0. The van der Waals surface area contributed by atoms with E-state index in [0.29, 0.717) is 11.6 Å². The molecule has 1 fully saturated rings. The number of hydrogen-bond donors (Lipinski definition) is 3. The fraction of sp³-hybridized carbons (Fsp3) is 0.636. The van der Waals surface area contributed by atoms with Gasteiger partial charge in [-0.05, 0) is 44.3 Å². The summed E-state index contributed by atoms with van der Waals surface area (Å²) in [6.07, 6.45) is 5.15. The highest BCUT2D eigenvalue weighted by Crippen LogP contribution is 2.12. The Balaban J connectivity index is 0.00000144. The Hall–Kier alpha value is -1.07. The number of hydrogen-bond acceptors (Lipinski definition) is 3. The van der Waals surface area contributed by atoms with Crippen LogP contribution in [0.1, 0.15) is 29.8 Å². The number of carbonyl (C=O) groups excluding carboxylic acids is 1. The van der Waals surface area contributed by atoms with Gasteiger partial charge in [-0.25, -0.2) is 0 Å². The quantitative estimate of drug-likeness (QED) is 0.753. The molecule has 0 radical (unpaired) electrons. The molecule has 5 nitrogen and oxygen atoms in total. The van der Waals surface area contributed by atoms with Crippen LogP contribution in [0.5, 0.6) is 0 Å².